The Morgan fingerprint density at radius 1 is 0.867 bits per heavy atom. The fraction of sp³-hybridized carbons (Fsp3) is 0.167. The molecule has 0 atom stereocenters. The number of hydrogen-bond donors (Lipinski definition) is 1. The summed E-state index contributed by atoms with van der Waals surface area (Å²) in [6.07, 6.45) is 0. The van der Waals surface area contributed by atoms with E-state index in [4.69, 9.17) is 16.3 Å². The van der Waals surface area contributed by atoms with Gasteiger partial charge in [-0.2, -0.15) is 0 Å². The Morgan fingerprint density at radius 2 is 1.43 bits per heavy atom. The molecule has 30 heavy (non-hydrogen) atoms. The molecule has 0 aromatic heterocycles. The summed E-state index contributed by atoms with van der Waals surface area (Å²) in [4.78, 5) is 26.0. The van der Waals surface area contributed by atoms with Crippen LogP contribution in [0, 0.1) is 0 Å². The van der Waals surface area contributed by atoms with Crippen LogP contribution in [0.15, 0.2) is 72.8 Å². The molecule has 0 aliphatic heterocycles. The monoisotopic (exact) mass is 422 g/mol. The summed E-state index contributed by atoms with van der Waals surface area (Å²) in [5, 5.41) is 3.25. The Bertz CT molecular complexity index is 1000. The van der Waals surface area contributed by atoms with E-state index in [1.54, 1.807) is 55.4 Å². The SMILES string of the molecule is CNC(=O)c1ccc(CN(C)C(=O)c2ccc(COc3ccc(Cl)cc3)cc2)cc1. The number of carbonyl (C=O) groups excluding carboxylic acids is 2. The molecule has 0 heterocycles. The molecule has 6 heteroatoms. The van der Waals surface area contributed by atoms with Gasteiger partial charge in [-0.3, -0.25) is 9.59 Å². The molecule has 0 unspecified atom stereocenters. The Morgan fingerprint density at radius 3 is 2.03 bits per heavy atom. The fourth-order valence-electron chi connectivity index (χ4n) is 2.91. The van der Waals surface area contributed by atoms with E-state index in [0.717, 1.165) is 16.9 Å². The molecule has 5 nitrogen and oxygen atoms in total. The summed E-state index contributed by atoms with van der Waals surface area (Å²) >= 11 is 5.87. The first kappa shape index (κ1) is 21.4. The van der Waals surface area contributed by atoms with Crippen molar-refractivity contribution in [1.82, 2.24) is 10.2 Å². The minimum Gasteiger partial charge on any atom is -0.489 e. The number of halogens is 1. The molecule has 0 saturated carbocycles. The van der Waals surface area contributed by atoms with Gasteiger partial charge in [0.15, 0.2) is 0 Å². The molecule has 1 N–H and O–H groups in total. The standard InChI is InChI=1S/C24H23ClN2O3/c1-26-23(28)19-7-3-17(4-8-19)15-27(2)24(29)20-9-5-18(6-10-20)16-30-22-13-11-21(25)12-14-22/h3-14H,15-16H2,1-2H3,(H,26,28). The Kier molecular flexibility index (Phi) is 7.09. The highest BCUT2D eigenvalue weighted by Crippen LogP contribution is 2.17. The van der Waals surface area contributed by atoms with Gasteiger partial charge < -0.3 is 15.0 Å². The van der Waals surface area contributed by atoms with Gasteiger partial charge in [-0.25, -0.2) is 0 Å². The molecule has 154 valence electrons. The first-order valence-electron chi connectivity index (χ1n) is 9.50. The second-order valence-corrected chi connectivity index (χ2v) is 7.31. The van der Waals surface area contributed by atoms with E-state index in [1.165, 1.54) is 0 Å². The van der Waals surface area contributed by atoms with Crippen molar-refractivity contribution in [2.24, 2.45) is 0 Å². The van der Waals surface area contributed by atoms with Crippen LogP contribution in [0.3, 0.4) is 0 Å². The maximum atomic E-state index is 12.7. The largest absolute Gasteiger partial charge is 0.489 e. The number of ether oxygens (including phenoxy) is 1. The van der Waals surface area contributed by atoms with Crippen molar-refractivity contribution in [2.75, 3.05) is 14.1 Å². The van der Waals surface area contributed by atoms with Gasteiger partial charge in [0.05, 0.1) is 0 Å². The minimum atomic E-state index is -0.133. The van der Waals surface area contributed by atoms with Crippen LogP contribution in [0.5, 0.6) is 5.75 Å². The van der Waals surface area contributed by atoms with Gasteiger partial charge >= 0.3 is 0 Å². The van der Waals surface area contributed by atoms with Crippen LogP contribution >= 0.6 is 11.6 Å². The third kappa shape index (κ3) is 5.61. The highest BCUT2D eigenvalue weighted by atomic mass is 35.5. The molecule has 0 aliphatic carbocycles. The van der Waals surface area contributed by atoms with Gasteiger partial charge in [0.1, 0.15) is 12.4 Å². The zero-order chi connectivity index (χ0) is 21.5. The molecule has 0 spiro atoms. The number of rotatable bonds is 7. The van der Waals surface area contributed by atoms with Crippen LogP contribution in [0.2, 0.25) is 5.02 Å². The summed E-state index contributed by atoms with van der Waals surface area (Å²) in [6.45, 7) is 0.859. The van der Waals surface area contributed by atoms with Gasteiger partial charge in [0.2, 0.25) is 0 Å². The summed E-state index contributed by atoms with van der Waals surface area (Å²) < 4.78 is 5.73. The van der Waals surface area contributed by atoms with Crippen LogP contribution in [0.25, 0.3) is 0 Å². The van der Waals surface area contributed by atoms with Crippen molar-refractivity contribution >= 4 is 23.4 Å². The lowest BCUT2D eigenvalue weighted by Gasteiger charge is -2.18. The van der Waals surface area contributed by atoms with Crippen molar-refractivity contribution in [3.63, 3.8) is 0 Å². The fourth-order valence-corrected chi connectivity index (χ4v) is 3.04. The Hall–Kier alpha value is -3.31. The Labute approximate surface area is 181 Å². The summed E-state index contributed by atoms with van der Waals surface area (Å²) in [6, 6.07) is 21.8. The van der Waals surface area contributed by atoms with Crippen molar-refractivity contribution in [3.05, 3.63) is 100 Å². The molecule has 3 aromatic carbocycles. The van der Waals surface area contributed by atoms with Gasteiger partial charge in [0.25, 0.3) is 11.8 Å². The number of nitrogens with zero attached hydrogens (tertiary/aromatic N) is 1. The van der Waals surface area contributed by atoms with Crippen molar-refractivity contribution in [1.29, 1.82) is 0 Å². The summed E-state index contributed by atoms with van der Waals surface area (Å²) in [7, 11) is 3.35. The number of benzene rings is 3. The first-order chi connectivity index (χ1) is 14.5. The molecule has 0 bridgehead atoms. The number of nitrogens with one attached hydrogen (secondary N) is 1. The molecular formula is C24H23ClN2O3. The third-order valence-electron chi connectivity index (χ3n) is 4.63. The molecule has 0 saturated heterocycles. The average molecular weight is 423 g/mol. The maximum Gasteiger partial charge on any atom is 0.253 e. The molecular weight excluding hydrogens is 400 g/mol. The number of hydrogen-bond acceptors (Lipinski definition) is 3. The van der Waals surface area contributed by atoms with Gasteiger partial charge in [-0.05, 0) is 59.7 Å². The highest BCUT2D eigenvalue weighted by molar-refractivity contribution is 6.30. The molecule has 0 fully saturated rings. The average Bonchev–Trinajstić information content (AvgIpc) is 2.78. The predicted octanol–water partition coefficient (Wildman–Crippen LogP) is 4.55. The van der Waals surface area contributed by atoms with E-state index in [9.17, 15) is 9.59 Å². The molecule has 3 rings (SSSR count). The van der Waals surface area contributed by atoms with Crippen molar-refractivity contribution in [3.8, 4) is 5.75 Å². The predicted molar refractivity (Wildman–Crippen MR) is 118 cm³/mol. The quantitative estimate of drug-likeness (QED) is 0.607. The maximum absolute atomic E-state index is 12.7. The minimum absolute atomic E-state index is 0.0736. The van der Waals surface area contributed by atoms with E-state index in [1.807, 2.05) is 36.4 Å². The van der Waals surface area contributed by atoms with Crippen LogP contribution in [-0.4, -0.2) is 30.8 Å². The topological polar surface area (TPSA) is 58.6 Å². The summed E-state index contributed by atoms with van der Waals surface area (Å²) in [5.41, 5.74) is 3.11. The van der Waals surface area contributed by atoms with Crippen molar-refractivity contribution < 1.29 is 14.3 Å². The van der Waals surface area contributed by atoms with E-state index >= 15 is 0 Å². The van der Waals surface area contributed by atoms with E-state index in [-0.39, 0.29) is 11.8 Å². The second-order valence-electron chi connectivity index (χ2n) is 6.88. The first-order valence-corrected chi connectivity index (χ1v) is 9.88. The zero-order valence-electron chi connectivity index (χ0n) is 16.9. The van der Waals surface area contributed by atoms with Crippen LogP contribution in [0.4, 0.5) is 0 Å². The van der Waals surface area contributed by atoms with Gasteiger partial charge in [-0.1, -0.05) is 35.9 Å². The van der Waals surface area contributed by atoms with E-state index in [2.05, 4.69) is 5.32 Å². The van der Waals surface area contributed by atoms with Crippen LogP contribution < -0.4 is 10.1 Å². The second kappa shape index (κ2) is 9.94. The lowest BCUT2D eigenvalue weighted by Crippen LogP contribution is -2.26. The lowest BCUT2D eigenvalue weighted by molar-refractivity contribution is 0.0784. The normalized spacial score (nSPS) is 10.4. The summed E-state index contributed by atoms with van der Waals surface area (Å²) in [5.74, 6) is 0.531. The molecule has 3 aromatic rings. The van der Waals surface area contributed by atoms with Gasteiger partial charge in [-0.15, -0.1) is 0 Å². The molecule has 0 aliphatic rings. The number of carbonyl (C=O) groups is 2. The van der Waals surface area contributed by atoms with Crippen LogP contribution in [-0.2, 0) is 13.2 Å². The van der Waals surface area contributed by atoms with Gasteiger partial charge in [0, 0.05) is 36.8 Å². The smallest absolute Gasteiger partial charge is 0.253 e. The zero-order valence-corrected chi connectivity index (χ0v) is 17.6. The lowest BCUT2D eigenvalue weighted by atomic mass is 10.1. The number of amides is 2. The molecule has 2 amide bonds. The Balaban J connectivity index is 1.56. The van der Waals surface area contributed by atoms with E-state index < -0.39 is 0 Å². The van der Waals surface area contributed by atoms with E-state index in [0.29, 0.717) is 29.3 Å². The van der Waals surface area contributed by atoms with Crippen LogP contribution in [0.1, 0.15) is 31.8 Å². The van der Waals surface area contributed by atoms with Crippen molar-refractivity contribution in [2.45, 2.75) is 13.2 Å². The highest BCUT2D eigenvalue weighted by Gasteiger charge is 2.12. The molecule has 0 radical (unpaired) electrons. The third-order valence-corrected chi connectivity index (χ3v) is 4.88.